The molecule has 1 amide bonds. The van der Waals surface area contributed by atoms with Gasteiger partial charge in [0.2, 0.25) is 5.91 Å². The highest BCUT2D eigenvalue weighted by molar-refractivity contribution is 8.77. The molecule has 9 fully saturated rings. The predicted octanol–water partition coefficient (Wildman–Crippen LogP) is 14.2. The molecule has 11 nitrogen and oxygen atoms in total. The van der Waals surface area contributed by atoms with Crippen LogP contribution in [0, 0.1) is 63.1 Å². The number of guanidine groups is 1. The lowest BCUT2D eigenvalue weighted by Crippen LogP contribution is -2.56. The number of nitrogens with zero attached hydrogens (tertiary/aromatic N) is 2. The van der Waals surface area contributed by atoms with Gasteiger partial charge < -0.3 is 40.7 Å². The Morgan fingerprint density at radius 2 is 1.67 bits per heavy atom. The third-order valence-corrected chi connectivity index (χ3v) is 29.9. The number of allylic oxidation sites excluding steroid dienone is 1. The van der Waals surface area contributed by atoms with Crippen LogP contribution in [0.25, 0.3) is 0 Å². The van der Waals surface area contributed by atoms with Crippen molar-refractivity contribution in [2.45, 2.75) is 254 Å². The van der Waals surface area contributed by atoms with Crippen molar-refractivity contribution >= 4 is 39.4 Å². The van der Waals surface area contributed by atoms with Crippen molar-refractivity contribution in [2.24, 2.45) is 73.8 Å². The Morgan fingerprint density at radius 3 is 2.48 bits per heavy atom. The van der Waals surface area contributed by atoms with E-state index in [4.69, 9.17) is 20.2 Å². The third-order valence-electron chi connectivity index (χ3n) is 26.6. The van der Waals surface area contributed by atoms with Crippen LogP contribution in [0.1, 0.15) is 235 Å². The zero-order valence-electron chi connectivity index (χ0n) is 51.1. The first-order valence-electron chi connectivity index (χ1n) is 34.1. The Morgan fingerprint density at radius 1 is 0.869 bits per heavy atom. The number of aliphatic hydroxyl groups excluding tert-OH is 2. The fourth-order valence-electron chi connectivity index (χ4n) is 22.6. The van der Waals surface area contributed by atoms with E-state index in [-0.39, 0.29) is 80.5 Å². The maximum Gasteiger partial charge on any atom is 0.303 e. The molecule has 13 heteroatoms. The maximum atomic E-state index is 15.0. The number of hydrogen-bond donors (Lipinski definition) is 5. The molecule has 2 aromatic carbocycles. The number of aliphatic hydroxyl groups is 2. The van der Waals surface area contributed by atoms with E-state index in [0.717, 1.165) is 132 Å². The monoisotopic (exact) mass is 1180 g/mol. The number of aromatic hydroxyl groups is 1. The molecule has 6 spiro atoms. The van der Waals surface area contributed by atoms with Gasteiger partial charge in [0, 0.05) is 84.4 Å². The van der Waals surface area contributed by atoms with Gasteiger partial charge in [-0.2, -0.15) is 0 Å². The summed E-state index contributed by atoms with van der Waals surface area (Å²) in [6.45, 7) is 7.56. The zero-order valence-corrected chi connectivity index (χ0v) is 52.7. The van der Waals surface area contributed by atoms with Crippen LogP contribution in [0.2, 0.25) is 0 Å². The van der Waals surface area contributed by atoms with E-state index in [1.807, 2.05) is 4.90 Å². The summed E-state index contributed by atoms with van der Waals surface area (Å²) in [6.07, 6.45) is 32.6. The number of phenolic OH excluding ortho intramolecular Hbond substituents is 1. The number of carbonyl (C=O) groups is 2. The summed E-state index contributed by atoms with van der Waals surface area (Å²) in [7, 11) is 4.18. The first-order chi connectivity index (χ1) is 40.5. The molecule has 0 aromatic heterocycles. The van der Waals surface area contributed by atoms with Crippen LogP contribution >= 0.6 is 21.6 Å². The first kappa shape index (κ1) is 58.3. The van der Waals surface area contributed by atoms with Gasteiger partial charge in [0.15, 0.2) is 17.5 Å². The molecular formula is C71H100N4O7S2. The van der Waals surface area contributed by atoms with Gasteiger partial charge in [0.1, 0.15) is 16.1 Å². The van der Waals surface area contributed by atoms with Crippen molar-refractivity contribution in [2.75, 3.05) is 18.8 Å². The molecular weight excluding hydrogens is 1080 g/mol. The fraction of sp³-hybridized carbons (Fsp3) is 0.761. The average molecular weight is 1190 g/mol. The van der Waals surface area contributed by atoms with Crippen molar-refractivity contribution in [1.82, 2.24) is 10.2 Å². The molecule has 9 aliphatic carbocycles. The molecule has 16 unspecified atom stereocenters. The largest absolute Gasteiger partial charge is 0.504 e. The summed E-state index contributed by atoms with van der Waals surface area (Å²) in [6, 6.07) is 13.0. The molecule has 17 rings (SSSR count). The van der Waals surface area contributed by atoms with Gasteiger partial charge >= 0.3 is 5.97 Å². The molecule has 0 radical (unpaired) electrons. The van der Waals surface area contributed by atoms with Crippen molar-refractivity contribution in [1.29, 1.82) is 0 Å². The van der Waals surface area contributed by atoms with Crippen molar-refractivity contribution in [3.63, 3.8) is 0 Å². The second-order valence-corrected chi connectivity index (χ2v) is 33.4. The first-order valence-corrected chi connectivity index (χ1v) is 36.4. The molecule has 15 aliphatic rings. The number of ether oxygens (including phenoxy) is 2. The number of fused-ring (bicyclic) bond motifs is 1. The van der Waals surface area contributed by atoms with E-state index in [2.05, 4.69) is 89.3 Å². The summed E-state index contributed by atoms with van der Waals surface area (Å²) in [5.41, 5.74) is 9.75. The second-order valence-electron chi connectivity index (χ2n) is 30.8. The van der Waals surface area contributed by atoms with E-state index < -0.39 is 17.3 Å². The van der Waals surface area contributed by atoms with E-state index in [1.165, 1.54) is 51.0 Å². The number of phenols is 1. The zero-order chi connectivity index (χ0) is 57.9. The third kappa shape index (κ3) is 9.55. The molecule has 6 aliphatic heterocycles. The highest BCUT2D eigenvalue weighted by Crippen LogP contribution is 2.73. The van der Waals surface area contributed by atoms with E-state index in [9.17, 15) is 20.1 Å². The summed E-state index contributed by atoms with van der Waals surface area (Å²) >= 11 is 0. The van der Waals surface area contributed by atoms with Crippen molar-refractivity contribution in [3.8, 4) is 11.5 Å². The van der Waals surface area contributed by atoms with Crippen LogP contribution in [0.3, 0.4) is 0 Å². The molecule has 8 saturated carbocycles. The van der Waals surface area contributed by atoms with E-state index in [0.29, 0.717) is 92.1 Å². The van der Waals surface area contributed by atoms with Crippen molar-refractivity contribution in [3.05, 3.63) is 70.8 Å². The molecule has 1 saturated heterocycles. The van der Waals surface area contributed by atoms with Crippen LogP contribution in [0.5, 0.6) is 11.5 Å². The lowest BCUT2D eigenvalue weighted by molar-refractivity contribution is -0.173. The lowest BCUT2D eigenvalue weighted by atomic mass is 9.49. The van der Waals surface area contributed by atoms with Gasteiger partial charge in [-0.3, -0.25) is 14.6 Å². The lowest BCUT2D eigenvalue weighted by Gasteiger charge is -2.57. The molecule has 6 N–H and O–H groups in total. The number of nitrogens with one attached hydrogen (secondary N) is 1. The number of carbonyl (C=O) groups excluding carboxylic acids is 2. The quantitative estimate of drug-likeness (QED) is 0.110. The number of benzene rings is 2. The number of aliphatic imine (C=N–C) groups is 1. The number of aryl methyl sites for hydroxylation is 1. The average Bonchev–Trinajstić information content (AvgIpc) is 1.83. The van der Waals surface area contributed by atoms with Gasteiger partial charge in [0.25, 0.3) is 0 Å². The fourth-order valence-corrected chi connectivity index (χ4v) is 26.6. The number of hydrogen-bond acceptors (Lipinski definition) is 12. The Balaban J connectivity index is 0.858. The van der Waals surface area contributed by atoms with Gasteiger partial charge in [-0.05, 0) is 218 Å². The molecule has 2 aromatic rings. The Hall–Kier alpha value is -3.39. The van der Waals surface area contributed by atoms with Crippen LogP contribution in [-0.2, 0) is 27.3 Å². The molecule has 16 atom stereocenters. The standard InChI is InChI=1S/C71H100N4O7S2/c1-45(2)15-16-48-22-34-68(63(48)80)28-11-29-69(68)38-51-17-18-55(69)43-83-84-71(31-10-27-65(71)25-7-8-26-65)74-64(72)73-41-54-19-20-57(47-12-5-4-6-13-47)67(54)40-59(78)75(44-67)42-52-36-49(21-32-66(81-46(3)76)33-24-56(51)58(77)39-66)60-50-23-35-70(82-62(60)61(52)79)30-9-14-53(70)37-50/h4-6,12-13,23,35-36,45,48,50-51,53-58,63,77,79-80H,7-11,14-22,24-34,37-44H2,1-3H3,(H3,72,73,74). The Labute approximate surface area is 509 Å². The summed E-state index contributed by atoms with van der Waals surface area (Å²) in [5, 5.41) is 42.8. The molecule has 10 bridgehead atoms. The number of esters is 1. The number of rotatable bonds is 5. The van der Waals surface area contributed by atoms with Crippen LogP contribution in [0.15, 0.2) is 53.5 Å². The van der Waals surface area contributed by atoms with E-state index >= 15 is 4.79 Å². The highest BCUT2D eigenvalue weighted by Gasteiger charge is 2.67. The molecule has 6 heterocycles. The molecule has 84 heavy (non-hydrogen) atoms. The van der Waals surface area contributed by atoms with Gasteiger partial charge in [-0.15, -0.1) is 0 Å². The summed E-state index contributed by atoms with van der Waals surface area (Å²) in [5.74, 6) is 4.65. The van der Waals surface area contributed by atoms with Crippen LogP contribution < -0.4 is 15.8 Å². The topological polar surface area (TPSA) is 167 Å². The number of amides is 1. The maximum absolute atomic E-state index is 15.0. The Kier molecular flexibility index (Phi) is 15.5. The van der Waals surface area contributed by atoms with Gasteiger partial charge in [0.05, 0.1) is 12.2 Å². The minimum absolute atomic E-state index is 0.0132. The van der Waals surface area contributed by atoms with Crippen LogP contribution in [0.4, 0.5) is 0 Å². The summed E-state index contributed by atoms with van der Waals surface area (Å²) < 4.78 is 13.9. The van der Waals surface area contributed by atoms with Crippen molar-refractivity contribution < 1.29 is 34.4 Å². The molecule has 458 valence electrons. The SMILES string of the molecule is CC(=O)OC12CCc3cc(c(O)c4c3C3C=CC5(CCCC5C3)O4)CN3CC4(CC3=O)C(CCC4c3ccccc3)CN=C(N)NC3(CCCC34CCCC4)SSCC3CCC(CC34CCCC43CCC(CCC(C)C)C3O)C(CC1)C(O)C2. The van der Waals surface area contributed by atoms with Gasteiger partial charge in [-0.25, -0.2) is 0 Å². The Bertz CT molecular complexity index is 2870. The minimum Gasteiger partial charge on any atom is -0.504 e. The summed E-state index contributed by atoms with van der Waals surface area (Å²) in [4.78, 5) is 35.7. The highest BCUT2D eigenvalue weighted by atomic mass is 33.1. The number of nitrogens with two attached hydrogens (primary N) is 1. The van der Waals surface area contributed by atoms with Gasteiger partial charge in [-0.1, -0.05) is 97.5 Å². The van der Waals surface area contributed by atoms with E-state index in [1.54, 1.807) is 0 Å². The predicted molar refractivity (Wildman–Crippen MR) is 335 cm³/mol. The minimum atomic E-state index is -0.858. The smallest absolute Gasteiger partial charge is 0.303 e. The van der Waals surface area contributed by atoms with Crippen LogP contribution in [-0.4, -0.2) is 85.2 Å². The normalized spacial score (nSPS) is 42.4. The second kappa shape index (κ2) is 22.3.